The van der Waals surface area contributed by atoms with Crippen molar-refractivity contribution in [2.75, 3.05) is 33.8 Å². The number of nitriles is 1. The van der Waals surface area contributed by atoms with E-state index in [0.717, 1.165) is 11.1 Å². The summed E-state index contributed by atoms with van der Waals surface area (Å²) in [6.07, 6.45) is -0.228. The van der Waals surface area contributed by atoms with Gasteiger partial charge < -0.3 is 14.7 Å². The number of sulfonamides is 1. The SMILES string of the molecule is C[C@@H]1CN([C@H](C)CO)S(=O)(=O)c2ccc(-c3ccc(C#N)cc3)cc2O[C@H]1CN(C)C. The van der Waals surface area contributed by atoms with Gasteiger partial charge in [0.15, 0.2) is 0 Å². The molecule has 7 nitrogen and oxygen atoms in total. The van der Waals surface area contributed by atoms with Crippen molar-refractivity contribution in [1.82, 2.24) is 9.21 Å². The van der Waals surface area contributed by atoms with Crippen LogP contribution in [-0.2, 0) is 10.0 Å². The normalized spacial score (nSPS) is 22.0. The monoisotopic (exact) mass is 443 g/mol. The third-order valence-corrected chi connectivity index (χ3v) is 7.58. The molecule has 1 aliphatic rings. The smallest absolute Gasteiger partial charge is 0.247 e. The van der Waals surface area contributed by atoms with E-state index < -0.39 is 16.1 Å². The van der Waals surface area contributed by atoms with Gasteiger partial charge in [-0.25, -0.2) is 8.42 Å². The van der Waals surface area contributed by atoms with Crippen LogP contribution in [0.5, 0.6) is 5.75 Å². The second kappa shape index (κ2) is 9.37. The molecule has 0 bridgehead atoms. The summed E-state index contributed by atoms with van der Waals surface area (Å²) in [6.45, 7) is 4.31. The van der Waals surface area contributed by atoms with E-state index in [4.69, 9.17) is 10.00 Å². The Kier molecular flexibility index (Phi) is 7.02. The lowest BCUT2D eigenvalue weighted by molar-refractivity contribution is 0.0813. The minimum atomic E-state index is -3.86. The van der Waals surface area contributed by atoms with Gasteiger partial charge in [-0.3, -0.25) is 0 Å². The van der Waals surface area contributed by atoms with Crippen LogP contribution in [0.4, 0.5) is 0 Å². The van der Waals surface area contributed by atoms with Gasteiger partial charge in [0.2, 0.25) is 10.0 Å². The standard InChI is InChI=1S/C23H29N3O4S/c1-16-13-26(17(2)15-27)31(28,29)23-10-9-20(19-7-5-18(12-24)6-8-19)11-21(23)30-22(16)14-25(3)4/h5-11,16-17,22,27H,13-15H2,1-4H3/t16-,17-,22+/m1/s1. The highest BCUT2D eigenvalue weighted by atomic mass is 32.2. The van der Waals surface area contributed by atoms with Crippen molar-refractivity contribution < 1.29 is 18.3 Å². The highest BCUT2D eigenvalue weighted by molar-refractivity contribution is 7.89. The lowest BCUT2D eigenvalue weighted by atomic mass is 10.0. The number of aliphatic hydroxyl groups excluding tert-OH is 1. The lowest BCUT2D eigenvalue weighted by Crippen LogP contribution is -2.49. The molecule has 0 aromatic heterocycles. The van der Waals surface area contributed by atoms with Crippen LogP contribution in [0, 0.1) is 17.2 Å². The molecule has 2 aromatic carbocycles. The molecule has 0 amide bonds. The van der Waals surface area contributed by atoms with E-state index >= 15 is 0 Å². The molecule has 0 spiro atoms. The van der Waals surface area contributed by atoms with Crippen molar-refractivity contribution in [3.63, 3.8) is 0 Å². The molecule has 1 N–H and O–H groups in total. The maximum atomic E-state index is 13.5. The van der Waals surface area contributed by atoms with Crippen LogP contribution in [0.15, 0.2) is 47.4 Å². The first kappa shape index (κ1) is 23.2. The number of benzene rings is 2. The summed E-state index contributed by atoms with van der Waals surface area (Å²) in [6, 6.07) is 13.7. The largest absolute Gasteiger partial charge is 0.487 e. The number of fused-ring (bicyclic) bond motifs is 1. The zero-order valence-electron chi connectivity index (χ0n) is 18.3. The van der Waals surface area contributed by atoms with Crippen molar-refractivity contribution in [3.8, 4) is 22.9 Å². The van der Waals surface area contributed by atoms with Crippen LogP contribution in [-0.4, -0.2) is 68.7 Å². The van der Waals surface area contributed by atoms with Crippen LogP contribution in [0.1, 0.15) is 19.4 Å². The maximum absolute atomic E-state index is 13.5. The molecule has 0 saturated heterocycles. The Labute approximate surface area is 184 Å². The molecule has 8 heteroatoms. The lowest BCUT2D eigenvalue weighted by Gasteiger charge is -2.37. The van der Waals surface area contributed by atoms with Crippen LogP contribution >= 0.6 is 0 Å². The average Bonchev–Trinajstić information content (AvgIpc) is 2.75. The molecule has 0 saturated carbocycles. The first-order chi connectivity index (χ1) is 14.7. The summed E-state index contributed by atoms with van der Waals surface area (Å²) in [5, 5.41) is 18.7. The molecule has 0 radical (unpaired) electrons. The highest BCUT2D eigenvalue weighted by Crippen LogP contribution is 2.36. The minimum absolute atomic E-state index is 0.0853. The van der Waals surface area contributed by atoms with E-state index in [-0.39, 0.29) is 30.1 Å². The molecule has 3 rings (SSSR count). The summed E-state index contributed by atoms with van der Waals surface area (Å²) in [4.78, 5) is 2.11. The second-order valence-corrected chi connectivity index (χ2v) is 10.2. The zero-order chi connectivity index (χ0) is 22.8. The molecular weight excluding hydrogens is 414 g/mol. The zero-order valence-corrected chi connectivity index (χ0v) is 19.1. The maximum Gasteiger partial charge on any atom is 0.247 e. The van der Waals surface area contributed by atoms with Gasteiger partial charge in [0.05, 0.1) is 18.2 Å². The van der Waals surface area contributed by atoms with Crippen molar-refractivity contribution in [2.45, 2.75) is 30.9 Å². The third kappa shape index (κ3) is 4.91. The number of nitrogens with zero attached hydrogens (tertiary/aromatic N) is 3. The fraction of sp³-hybridized carbons (Fsp3) is 0.435. The minimum Gasteiger partial charge on any atom is -0.487 e. The first-order valence-electron chi connectivity index (χ1n) is 10.3. The molecule has 1 aliphatic heterocycles. The second-order valence-electron chi connectivity index (χ2n) is 8.35. The van der Waals surface area contributed by atoms with Crippen molar-refractivity contribution in [1.29, 1.82) is 5.26 Å². The van der Waals surface area contributed by atoms with Gasteiger partial charge in [-0.2, -0.15) is 9.57 Å². The van der Waals surface area contributed by atoms with Gasteiger partial charge in [0.25, 0.3) is 0 Å². The van der Waals surface area contributed by atoms with Gasteiger partial charge in [-0.1, -0.05) is 25.1 Å². The first-order valence-corrected chi connectivity index (χ1v) is 11.7. The van der Waals surface area contributed by atoms with E-state index in [0.29, 0.717) is 17.9 Å². The van der Waals surface area contributed by atoms with Gasteiger partial charge >= 0.3 is 0 Å². The van der Waals surface area contributed by atoms with Crippen molar-refractivity contribution in [3.05, 3.63) is 48.0 Å². The van der Waals surface area contributed by atoms with Crippen LogP contribution < -0.4 is 4.74 Å². The summed E-state index contributed by atoms with van der Waals surface area (Å²) < 4.78 is 34.6. The van der Waals surface area contributed by atoms with E-state index in [9.17, 15) is 13.5 Å². The average molecular weight is 444 g/mol. The van der Waals surface area contributed by atoms with Crippen molar-refractivity contribution in [2.24, 2.45) is 5.92 Å². The Morgan fingerprint density at radius 3 is 2.45 bits per heavy atom. The Bertz CT molecular complexity index is 1060. The molecule has 2 aromatic rings. The Hall–Kier alpha value is -2.44. The molecule has 0 unspecified atom stereocenters. The molecule has 0 aliphatic carbocycles. The Balaban J connectivity index is 2.13. The van der Waals surface area contributed by atoms with E-state index in [1.165, 1.54) is 4.31 Å². The molecule has 3 atom stereocenters. The molecule has 1 heterocycles. The Morgan fingerprint density at radius 1 is 1.23 bits per heavy atom. The number of hydrogen-bond donors (Lipinski definition) is 1. The quantitative estimate of drug-likeness (QED) is 0.763. The number of rotatable bonds is 5. The van der Waals surface area contributed by atoms with Crippen LogP contribution in [0.25, 0.3) is 11.1 Å². The molecule has 166 valence electrons. The number of hydrogen-bond acceptors (Lipinski definition) is 6. The predicted molar refractivity (Wildman–Crippen MR) is 119 cm³/mol. The third-order valence-electron chi connectivity index (χ3n) is 5.56. The summed E-state index contributed by atoms with van der Waals surface area (Å²) in [5.74, 6) is 0.216. The Morgan fingerprint density at radius 2 is 1.87 bits per heavy atom. The fourth-order valence-electron chi connectivity index (χ4n) is 3.72. The summed E-state index contributed by atoms with van der Waals surface area (Å²) in [7, 11) is 0.0476. The molecular formula is C23H29N3O4S. The molecule has 0 fully saturated rings. The number of aliphatic hydroxyl groups is 1. The van der Waals surface area contributed by atoms with Gasteiger partial charge in [-0.05, 0) is 56.4 Å². The van der Waals surface area contributed by atoms with Gasteiger partial charge in [0.1, 0.15) is 16.7 Å². The fourth-order valence-corrected chi connectivity index (χ4v) is 5.55. The topological polar surface area (TPSA) is 93.9 Å². The van der Waals surface area contributed by atoms with E-state index in [1.54, 1.807) is 37.3 Å². The predicted octanol–water partition coefficient (Wildman–Crippen LogP) is 2.56. The highest BCUT2D eigenvalue weighted by Gasteiger charge is 2.37. The van der Waals surface area contributed by atoms with Gasteiger partial charge in [0, 0.05) is 25.0 Å². The van der Waals surface area contributed by atoms with Crippen LogP contribution in [0.3, 0.4) is 0 Å². The number of ether oxygens (including phenoxy) is 1. The van der Waals surface area contributed by atoms with Crippen LogP contribution in [0.2, 0.25) is 0 Å². The van der Waals surface area contributed by atoms with Gasteiger partial charge in [-0.15, -0.1) is 0 Å². The van der Waals surface area contributed by atoms with E-state index in [1.807, 2.05) is 38.1 Å². The summed E-state index contributed by atoms with van der Waals surface area (Å²) >= 11 is 0. The number of likely N-dealkylation sites (N-methyl/N-ethyl adjacent to an activating group) is 1. The van der Waals surface area contributed by atoms with Crippen molar-refractivity contribution >= 4 is 10.0 Å². The summed E-state index contributed by atoms with van der Waals surface area (Å²) in [5.41, 5.74) is 2.22. The van der Waals surface area contributed by atoms with E-state index in [2.05, 4.69) is 6.07 Å². The molecule has 31 heavy (non-hydrogen) atoms.